The summed E-state index contributed by atoms with van der Waals surface area (Å²) in [5, 5.41) is 2.59. The summed E-state index contributed by atoms with van der Waals surface area (Å²) >= 11 is 8.47. The second kappa shape index (κ2) is 8.16. The van der Waals surface area contributed by atoms with Gasteiger partial charge in [-0.15, -0.1) is 11.8 Å². The highest BCUT2D eigenvalue weighted by Gasteiger charge is 2.33. The van der Waals surface area contributed by atoms with Crippen LogP contribution in [0.3, 0.4) is 0 Å². The van der Waals surface area contributed by atoms with Crippen LogP contribution in [0.15, 0.2) is 91.0 Å². The van der Waals surface area contributed by atoms with Crippen molar-refractivity contribution < 1.29 is 0 Å². The van der Waals surface area contributed by atoms with Crippen LogP contribution in [0.25, 0.3) is 0 Å². The molecule has 0 heterocycles. The van der Waals surface area contributed by atoms with E-state index in [1.165, 1.54) is 16.2 Å². The largest absolute Gasteiger partial charge is 0.148 e. The summed E-state index contributed by atoms with van der Waals surface area (Å²) in [7, 11) is 0. The molecule has 3 rings (SSSR count). The molecule has 122 valence electrons. The molecule has 0 spiro atoms. The van der Waals surface area contributed by atoms with E-state index < -0.39 is 6.04 Å². The van der Waals surface area contributed by atoms with Gasteiger partial charge in [-0.05, 0) is 21.9 Å². The molecule has 1 unspecified atom stereocenters. The molecule has 0 bridgehead atoms. The molecule has 3 aromatic rings. The standard InChI is InChI=1S/C21H21PS2/c1-2-24-21(18-12-6-3-7-13-18)22(23,19-14-8-4-9-15-19)20-16-10-5-11-17-20/h3-17,21H,2H2,1H3. The van der Waals surface area contributed by atoms with Gasteiger partial charge in [-0.25, -0.2) is 0 Å². The number of hydrogen-bond donors (Lipinski definition) is 0. The molecule has 0 aromatic heterocycles. The summed E-state index contributed by atoms with van der Waals surface area (Å²) in [5.41, 5.74) is 1.33. The summed E-state index contributed by atoms with van der Waals surface area (Å²) < 4.78 is 0. The topological polar surface area (TPSA) is 0 Å². The Hall–Kier alpha value is -1.34. The van der Waals surface area contributed by atoms with Crippen molar-refractivity contribution in [2.75, 3.05) is 5.75 Å². The van der Waals surface area contributed by atoms with Crippen LogP contribution in [-0.2, 0) is 11.8 Å². The first-order chi connectivity index (χ1) is 11.8. The Morgan fingerprint density at radius 2 is 1.17 bits per heavy atom. The van der Waals surface area contributed by atoms with Crippen molar-refractivity contribution in [2.45, 2.75) is 11.9 Å². The maximum atomic E-state index is 6.49. The minimum atomic E-state index is -1.98. The Kier molecular flexibility index (Phi) is 5.94. The van der Waals surface area contributed by atoms with Gasteiger partial charge in [0, 0.05) is 6.04 Å². The van der Waals surface area contributed by atoms with Crippen LogP contribution in [0.1, 0.15) is 17.5 Å². The first-order valence-corrected chi connectivity index (χ1v) is 12.1. The van der Waals surface area contributed by atoms with Gasteiger partial charge < -0.3 is 0 Å². The van der Waals surface area contributed by atoms with Crippen molar-refractivity contribution in [1.82, 2.24) is 0 Å². The van der Waals surface area contributed by atoms with Crippen LogP contribution < -0.4 is 10.6 Å². The molecule has 0 N–H and O–H groups in total. The van der Waals surface area contributed by atoms with E-state index in [4.69, 9.17) is 11.8 Å². The fourth-order valence-corrected chi connectivity index (χ4v) is 9.89. The molecule has 0 radical (unpaired) electrons. The molecule has 0 saturated heterocycles. The average molecular weight is 369 g/mol. The van der Waals surface area contributed by atoms with Gasteiger partial charge in [-0.2, -0.15) is 0 Å². The summed E-state index contributed by atoms with van der Waals surface area (Å²) in [6.45, 7) is 2.22. The number of benzene rings is 3. The lowest BCUT2D eigenvalue weighted by Crippen LogP contribution is -2.20. The summed E-state index contributed by atoms with van der Waals surface area (Å²) in [6, 6.07) is 30.2. The molecule has 0 fully saturated rings. The number of hydrogen-bond acceptors (Lipinski definition) is 2. The fourth-order valence-electron chi connectivity index (χ4n) is 2.91. The van der Waals surface area contributed by atoms with E-state index in [0.717, 1.165) is 5.75 Å². The number of thioether (sulfide) groups is 1. The van der Waals surface area contributed by atoms with Gasteiger partial charge in [0.25, 0.3) is 0 Å². The van der Waals surface area contributed by atoms with Crippen molar-refractivity contribution in [2.24, 2.45) is 0 Å². The van der Waals surface area contributed by atoms with Crippen LogP contribution >= 0.6 is 17.8 Å². The van der Waals surface area contributed by atoms with Crippen LogP contribution in [0, 0.1) is 0 Å². The highest BCUT2D eigenvalue weighted by Crippen LogP contribution is 2.62. The van der Waals surface area contributed by atoms with Crippen LogP contribution in [-0.4, -0.2) is 5.75 Å². The predicted molar refractivity (Wildman–Crippen MR) is 114 cm³/mol. The van der Waals surface area contributed by atoms with Gasteiger partial charge in [0.2, 0.25) is 0 Å². The Morgan fingerprint density at radius 3 is 1.58 bits per heavy atom. The van der Waals surface area contributed by atoms with Gasteiger partial charge >= 0.3 is 0 Å². The third-order valence-corrected chi connectivity index (χ3v) is 11.7. The lowest BCUT2D eigenvalue weighted by molar-refractivity contribution is 1.35. The van der Waals surface area contributed by atoms with Gasteiger partial charge in [0.15, 0.2) is 0 Å². The summed E-state index contributed by atoms with van der Waals surface area (Å²) in [5.74, 6) is 1.05. The Balaban J connectivity index is 2.22. The minimum absolute atomic E-state index is 0.295. The summed E-state index contributed by atoms with van der Waals surface area (Å²) in [4.78, 5) is 0.295. The first kappa shape index (κ1) is 17.5. The molecule has 0 aliphatic carbocycles. The zero-order valence-corrected chi connectivity index (χ0v) is 16.2. The maximum Gasteiger partial charge on any atom is 0.0662 e. The number of rotatable bonds is 6. The first-order valence-electron chi connectivity index (χ1n) is 8.14. The Bertz CT molecular complexity index is 758. The molecule has 0 aliphatic heterocycles. The normalized spacial score (nSPS) is 12.7. The molecule has 24 heavy (non-hydrogen) atoms. The molecule has 0 amide bonds. The minimum Gasteiger partial charge on any atom is -0.148 e. The van der Waals surface area contributed by atoms with Crippen molar-refractivity contribution in [1.29, 1.82) is 0 Å². The lowest BCUT2D eigenvalue weighted by Gasteiger charge is -2.32. The molecule has 0 saturated carbocycles. The molecular weight excluding hydrogens is 347 g/mol. The predicted octanol–water partition coefficient (Wildman–Crippen LogP) is 5.57. The monoisotopic (exact) mass is 368 g/mol. The molecule has 3 aromatic carbocycles. The van der Waals surface area contributed by atoms with Crippen molar-refractivity contribution in [3.05, 3.63) is 96.6 Å². The third kappa shape index (κ3) is 3.52. The van der Waals surface area contributed by atoms with Gasteiger partial charge in [0.05, 0.1) is 4.99 Å². The van der Waals surface area contributed by atoms with Crippen molar-refractivity contribution >= 4 is 40.2 Å². The van der Waals surface area contributed by atoms with E-state index in [-0.39, 0.29) is 0 Å². The highest BCUT2D eigenvalue weighted by atomic mass is 32.4. The second-order valence-electron chi connectivity index (χ2n) is 5.55. The second-order valence-corrected chi connectivity index (χ2v) is 11.9. The van der Waals surface area contributed by atoms with E-state index in [1.807, 2.05) is 11.8 Å². The average Bonchev–Trinajstić information content (AvgIpc) is 2.67. The van der Waals surface area contributed by atoms with Crippen LogP contribution in [0.4, 0.5) is 0 Å². The van der Waals surface area contributed by atoms with E-state index in [9.17, 15) is 0 Å². The SMILES string of the molecule is CCSC(c1ccccc1)P(=S)(c1ccccc1)c1ccccc1. The van der Waals surface area contributed by atoms with E-state index in [0.29, 0.717) is 4.99 Å². The van der Waals surface area contributed by atoms with E-state index in [1.54, 1.807) is 0 Å². The van der Waals surface area contributed by atoms with Gasteiger partial charge in [-0.3, -0.25) is 0 Å². The van der Waals surface area contributed by atoms with Crippen molar-refractivity contribution in [3.8, 4) is 0 Å². The zero-order chi connectivity index (χ0) is 16.8. The molecule has 3 heteroatoms. The lowest BCUT2D eigenvalue weighted by atomic mass is 10.2. The smallest absolute Gasteiger partial charge is 0.0662 e. The molecule has 0 aliphatic rings. The van der Waals surface area contributed by atoms with Gasteiger partial charge in [-0.1, -0.05) is 110 Å². The Labute approximate surface area is 154 Å². The molecule has 0 nitrogen and oxygen atoms in total. The molecular formula is C21H21PS2. The quantitative estimate of drug-likeness (QED) is 0.522. The van der Waals surface area contributed by atoms with Crippen molar-refractivity contribution in [3.63, 3.8) is 0 Å². The van der Waals surface area contributed by atoms with Crippen LogP contribution in [0.2, 0.25) is 0 Å². The zero-order valence-electron chi connectivity index (χ0n) is 13.7. The molecule has 1 atom stereocenters. The highest BCUT2D eigenvalue weighted by molar-refractivity contribution is 8.27. The van der Waals surface area contributed by atoms with E-state index >= 15 is 0 Å². The Morgan fingerprint density at radius 1 is 0.750 bits per heavy atom. The maximum absolute atomic E-state index is 6.49. The van der Waals surface area contributed by atoms with E-state index in [2.05, 4.69) is 97.9 Å². The van der Waals surface area contributed by atoms with Gasteiger partial charge in [0.1, 0.15) is 0 Å². The third-order valence-electron chi connectivity index (χ3n) is 4.02. The summed E-state index contributed by atoms with van der Waals surface area (Å²) in [6.07, 6.45) is 0. The van der Waals surface area contributed by atoms with Crippen LogP contribution in [0.5, 0.6) is 0 Å². The fraction of sp³-hybridized carbons (Fsp3) is 0.143.